The Morgan fingerprint density at radius 1 is 1.15 bits per heavy atom. The van der Waals surface area contributed by atoms with Gasteiger partial charge in [0.2, 0.25) is 0 Å². The van der Waals surface area contributed by atoms with E-state index in [0.717, 1.165) is 23.3 Å². The van der Waals surface area contributed by atoms with Crippen LogP contribution >= 0.6 is 0 Å². The molecule has 0 radical (unpaired) electrons. The number of aliphatic hydroxyl groups excluding tert-OH is 3. The number of hydrogen-bond donors (Lipinski definition) is 3. The van der Waals surface area contributed by atoms with Gasteiger partial charge in [0.1, 0.15) is 30.0 Å². The van der Waals surface area contributed by atoms with Gasteiger partial charge in [0.15, 0.2) is 0 Å². The van der Waals surface area contributed by atoms with Crippen LogP contribution in [0.4, 0.5) is 0 Å². The maximum absolute atomic E-state index is 10.4. The summed E-state index contributed by atoms with van der Waals surface area (Å²) in [6.07, 6.45) is 1.94. The summed E-state index contributed by atoms with van der Waals surface area (Å²) in [5.74, 6) is 1.60. The predicted molar refractivity (Wildman–Crippen MR) is 98.7 cm³/mol. The minimum Gasteiger partial charge on any atom is -0.497 e. The molecule has 3 N–H and O–H groups in total. The van der Waals surface area contributed by atoms with Crippen LogP contribution in [0.1, 0.15) is 55.5 Å². The van der Waals surface area contributed by atoms with Crippen molar-refractivity contribution in [3.63, 3.8) is 0 Å². The Morgan fingerprint density at radius 2 is 1.88 bits per heavy atom. The lowest BCUT2D eigenvalue weighted by atomic mass is 10.00. The fraction of sp³-hybridized carbons (Fsp3) is 0.381. The van der Waals surface area contributed by atoms with Crippen molar-refractivity contribution in [2.45, 2.75) is 45.0 Å². The van der Waals surface area contributed by atoms with Crippen molar-refractivity contribution in [3.8, 4) is 5.75 Å². The molecule has 0 saturated carbocycles. The third kappa shape index (κ3) is 5.61. The lowest BCUT2D eigenvalue weighted by Gasteiger charge is -2.12. The fourth-order valence-corrected chi connectivity index (χ4v) is 2.57. The highest BCUT2D eigenvalue weighted by molar-refractivity contribution is 5.29. The molecule has 0 aliphatic rings. The largest absolute Gasteiger partial charge is 0.497 e. The molecule has 0 spiro atoms. The topological polar surface area (TPSA) is 83.1 Å². The molecule has 5 nitrogen and oxygen atoms in total. The molecule has 0 bridgehead atoms. The van der Waals surface area contributed by atoms with E-state index < -0.39 is 12.2 Å². The summed E-state index contributed by atoms with van der Waals surface area (Å²) in [7, 11) is 1.61. The summed E-state index contributed by atoms with van der Waals surface area (Å²) >= 11 is 0. The first-order valence-corrected chi connectivity index (χ1v) is 8.69. The molecular weight excluding hydrogens is 332 g/mol. The summed E-state index contributed by atoms with van der Waals surface area (Å²) in [6, 6.07) is 10.6. The Balaban J connectivity index is 1.97. The second kappa shape index (κ2) is 10.00. The molecule has 5 heteroatoms. The summed E-state index contributed by atoms with van der Waals surface area (Å²) < 4.78 is 10.4. The van der Waals surface area contributed by atoms with Crippen molar-refractivity contribution in [2.75, 3.05) is 7.11 Å². The zero-order valence-electron chi connectivity index (χ0n) is 15.2. The molecule has 0 fully saturated rings. The van der Waals surface area contributed by atoms with Crippen LogP contribution in [-0.2, 0) is 6.61 Å². The molecule has 0 saturated heterocycles. The van der Waals surface area contributed by atoms with E-state index in [4.69, 9.17) is 14.3 Å². The van der Waals surface area contributed by atoms with Gasteiger partial charge in [-0.15, -0.1) is 5.73 Å². The van der Waals surface area contributed by atoms with Gasteiger partial charge in [-0.05, 0) is 47.9 Å². The van der Waals surface area contributed by atoms with Crippen molar-refractivity contribution < 1.29 is 24.5 Å². The number of furan rings is 1. The molecule has 0 unspecified atom stereocenters. The molecule has 0 aliphatic heterocycles. The maximum Gasteiger partial charge on any atom is 0.133 e. The highest BCUT2D eigenvalue weighted by atomic mass is 16.5. The highest BCUT2D eigenvalue weighted by Crippen LogP contribution is 2.24. The quantitative estimate of drug-likeness (QED) is 0.594. The van der Waals surface area contributed by atoms with Crippen LogP contribution in [0.2, 0.25) is 0 Å². The molecule has 0 amide bonds. The van der Waals surface area contributed by atoms with E-state index in [0.29, 0.717) is 24.4 Å². The monoisotopic (exact) mass is 358 g/mol. The Kier molecular flexibility index (Phi) is 7.70. The second-order valence-corrected chi connectivity index (χ2v) is 6.01. The SMILES string of the molecule is CCC(=C=CC[C@@H](O)c1ccc(CO)o1)C[C@@H](O)c1ccc(OC)cc1. The van der Waals surface area contributed by atoms with Crippen LogP contribution in [0, 0.1) is 0 Å². The van der Waals surface area contributed by atoms with E-state index in [1.165, 1.54) is 0 Å². The molecular formula is C21H26O5. The first kappa shape index (κ1) is 20.0. The van der Waals surface area contributed by atoms with Crippen LogP contribution in [0.3, 0.4) is 0 Å². The van der Waals surface area contributed by atoms with E-state index in [2.05, 4.69) is 5.73 Å². The Labute approximate surface area is 153 Å². The zero-order valence-corrected chi connectivity index (χ0v) is 15.2. The molecule has 1 heterocycles. The van der Waals surface area contributed by atoms with Gasteiger partial charge < -0.3 is 24.5 Å². The Hall–Kier alpha value is -2.30. The summed E-state index contributed by atoms with van der Waals surface area (Å²) in [6.45, 7) is 1.82. The molecule has 0 aliphatic carbocycles. The Morgan fingerprint density at radius 3 is 2.46 bits per heavy atom. The number of benzene rings is 1. The molecule has 1 aromatic carbocycles. The second-order valence-electron chi connectivity index (χ2n) is 6.01. The summed E-state index contributed by atoms with van der Waals surface area (Å²) in [5.41, 5.74) is 4.96. The van der Waals surface area contributed by atoms with Crippen molar-refractivity contribution in [1.82, 2.24) is 0 Å². The van der Waals surface area contributed by atoms with Gasteiger partial charge in [-0.3, -0.25) is 0 Å². The molecule has 140 valence electrons. The van der Waals surface area contributed by atoms with E-state index in [-0.39, 0.29) is 6.61 Å². The average Bonchev–Trinajstić information content (AvgIpc) is 3.16. The van der Waals surface area contributed by atoms with Crippen LogP contribution in [-0.4, -0.2) is 22.4 Å². The van der Waals surface area contributed by atoms with Crippen LogP contribution in [0.15, 0.2) is 58.2 Å². The molecule has 2 aromatic rings. The molecule has 2 atom stereocenters. The van der Waals surface area contributed by atoms with Crippen molar-refractivity contribution in [3.05, 3.63) is 70.9 Å². The highest BCUT2D eigenvalue weighted by Gasteiger charge is 2.11. The number of aliphatic hydroxyl groups is 3. The van der Waals surface area contributed by atoms with Gasteiger partial charge in [-0.2, -0.15) is 0 Å². The number of ether oxygens (including phenoxy) is 1. The van der Waals surface area contributed by atoms with E-state index in [9.17, 15) is 10.2 Å². The van der Waals surface area contributed by atoms with Gasteiger partial charge >= 0.3 is 0 Å². The van der Waals surface area contributed by atoms with E-state index in [1.807, 2.05) is 31.2 Å². The van der Waals surface area contributed by atoms with Crippen LogP contribution in [0.5, 0.6) is 5.75 Å². The summed E-state index contributed by atoms with van der Waals surface area (Å²) in [5, 5.41) is 29.5. The molecule has 1 aromatic heterocycles. The average molecular weight is 358 g/mol. The lowest BCUT2D eigenvalue weighted by molar-refractivity contribution is 0.145. The van der Waals surface area contributed by atoms with Crippen molar-refractivity contribution in [1.29, 1.82) is 0 Å². The lowest BCUT2D eigenvalue weighted by Crippen LogP contribution is -1.99. The van der Waals surface area contributed by atoms with Gasteiger partial charge in [0.05, 0.1) is 13.2 Å². The maximum atomic E-state index is 10.4. The fourth-order valence-electron chi connectivity index (χ4n) is 2.57. The van der Waals surface area contributed by atoms with Crippen LogP contribution < -0.4 is 4.74 Å². The normalized spacial score (nSPS) is 13.0. The molecule has 26 heavy (non-hydrogen) atoms. The summed E-state index contributed by atoms with van der Waals surface area (Å²) in [4.78, 5) is 0. The minimum absolute atomic E-state index is 0.189. The van der Waals surface area contributed by atoms with Crippen molar-refractivity contribution >= 4 is 0 Å². The zero-order chi connectivity index (χ0) is 18.9. The predicted octanol–water partition coefficient (Wildman–Crippen LogP) is 3.82. The number of rotatable bonds is 9. The van der Waals surface area contributed by atoms with E-state index >= 15 is 0 Å². The van der Waals surface area contributed by atoms with Crippen molar-refractivity contribution in [2.24, 2.45) is 0 Å². The third-order valence-electron chi connectivity index (χ3n) is 4.18. The number of methoxy groups -OCH3 is 1. The minimum atomic E-state index is -0.785. The first-order valence-electron chi connectivity index (χ1n) is 8.69. The first-order chi connectivity index (χ1) is 12.6. The van der Waals surface area contributed by atoms with Gasteiger partial charge in [-0.25, -0.2) is 0 Å². The van der Waals surface area contributed by atoms with Gasteiger partial charge in [0, 0.05) is 12.8 Å². The van der Waals surface area contributed by atoms with E-state index in [1.54, 1.807) is 25.3 Å². The third-order valence-corrected chi connectivity index (χ3v) is 4.18. The van der Waals surface area contributed by atoms with Gasteiger partial charge in [-0.1, -0.05) is 19.1 Å². The standard InChI is InChI=1S/C21H26O5/c1-3-15(13-20(24)16-7-9-17(25-2)10-8-16)5-4-6-19(23)21-12-11-18(14-22)26-21/h4,7-12,19-20,22-24H,3,6,13-14H2,1-2H3/t5?,19-,20-/m1/s1. The number of hydrogen-bond acceptors (Lipinski definition) is 5. The molecule has 2 rings (SSSR count). The van der Waals surface area contributed by atoms with Gasteiger partial charge in [0.25, 0.3) is 0 Å². The Bertz CT molecular complexity index is 738. The van der Waals surface area contributed by atoms with Crippen LogP contribution in [0.25, 0.3) is 0 Å². The smallest absolute Gasteiger partial charge is 0.133 e.